The van der Waals surface area contributed by atoms with Crippen molar-refractivity contribution < 1.29 is 4.79 Å². The molecule has 0 bridgehead atoms. The first kappa shape index (κ1) is 10.5. The fourth-order valence-corrected chi connectivity index (χ4v) is 0.961. The number of nitriles is 1. The summed E-state index contributed by atoms with van der Waals surface area (Å²) in [6.45, 7) is 0.521. The first-order chi connectivity index (χ1) is 6.76. The van der Waals surface area contributed by atoms with Crippen molar-refractivity contribution in [2.75, 3.05) is 11.2 Å². The molecule has 0 aromatic carbocycles. The van der Waals surface area contributed by atoms with Crippen LogP contribution in [0, 0.1) is 11.3 Å². The van der Waals surface area contributed by atoms with Crippen LogP contribution in [0.4, 0.5) is 5.82 Å². The second-order valence-electron chi connectivity index (χ2n) is 2.55. The highest BCUT2D eigenvalue weighted by Gasteiger charge is 2.02. The number of hydrogen-bond donors (Lipinski definition) is 1. The lowest BCUT2D eigenvalue weighted by molar-refractivity contribution is -0.113. The molecule has 0 radical (unpaired) electrons. The molecule has 5 nitrogen and oxygen atoms in total. The highest BCUT2D eigenvalue weighted by atomic mass is 35.5. The minimum Gasteiger partial charge on any atom is -0.308 e. The quantitative estimate of drug-likeness (QED) is 0.757. The van der Waals surface area contributed by atoms with Crippen molar-refractivity contribution >= 4 is 23.3 Å². The Kier molecular flexibility index (Phi) is 3.95. The van der Waals surface area contributed by atoms with Crippen LogP contribution in [0.1, 0.15) is 6.42 Å². The van der Waals surface area contributed by atoms with Crippen LogP contribution >= 0.6 is 11.6 Å². The number of anilines is 1. The van der Waals surface area contributed by atoms with Gasteiger partial charge in [-0.3, -0.25) is 9.48 Å². The molecule has 0 fully saturated rings. The van der Waals surface area contributed by atoms with E-state index in [1.165, 1.54) is 0 Å². The van der Waals surface area contributed by atoms with Crippen molar-refractivity contribution in [1.29, 1.82) is 5.26 Å². The molecule has 0 aliphatic heterocycles. The molecule has 1 aromatic rings. The molecule has 0 atom stereocenters. The Balaban J connectivity index is 2.51. The molecule has 6 heteroatoms. The van der Waals surface area contributed by atoms with Gasteiger partial charge in [0.1, 0.15) is 5.88 Å². The summed E-state index contributed by atoms with van der Waals surface area (Å²) in [5, 5.41) is 14.9. The molecule has 1 rings (SSSR count). The zero-order valence-corrected chi connectivity index (χ0v) is 8.16. The van der Waals surface area contributed by atoms with Crippen molar-refractivity contribution in [3.05, 3.63) is 12.3 Å². The summed E-state index contributed by atoms with van der Waals surface area (Å²) in [5.41, 5.74) is 0. The van der Waals surface area contributed by atoms with E-state index >= 15 is 0 Å². The number of aromatic nitrogens is 2. The van der Waals surface area contributed by atoms with Gasteiger partial charge in [0.2, 0.25) is 5.91 Å². The van der Waals surface area contributed by atoms with Gasteiger partial charge in [0, 0.05) is 12.3 Å². The van der Waals surface area contributed by atoms with Crippen LogP contribution in [0.15, 0.2) is 12.3 Å². The largest absolute Gasteiger partial charge is 0.308 e. The van der Waals surface area contributed by atoms with E-state index in [4.69, 9.17) is 16.9 Å². The molecule has 1 amide bonds. The topological polar surface area (TPSA) is 70.7 Å². The van der Waals surface area contributed by atoms with Crippen molar-refractivity contribution in [1.82, 2.24) is 9.78 Å². The van der Waals surface area contributed by atoms with Crippen molar-refractivity contribution in [2.24, 2.45) is 0 Å². The van der Waals surface area contributed by atoms with Crippen LogP contribution in [0.5, 0.6) is 0 Å². The van der Waals surface area contributed by atoms with E-state index in [2.05, 4.69) is 10.4 Å². The summed E-state index contributed by atoms with van der Waals surface area (Å²) < 4.78 is 1.59. The predicted molar refractivity (Wildman–Crippen MR) is 51.8 cm³/mol. The van der Waals surface area contributed by atoms with Crippen LogP contribution < -0.4 is 5.32 Å². The number of alkyl halides is 1. The van der Waals surface area contributed by atoms with E-state index in [1.807, 2.05) is 6.07 Å². The molecule has 0 saturated carbocycles. The molecule has 74 valence electrons. The second kappa shape index (κ2) is 5.25. The van der Waals surface area contributed by atoms with Crippen LogP contribution in [0.3, 0.4) is 0 Å². The molecular weight excluding hydrogens is 204 g/mol. The van der Waals surface area contributed by atoms with E-state index in [9.17, 15) is 4.79 Å². The van der Waals surface area contributed by atoms with Gasteiger partial charge in [-0.2, -0.15) is 10.4 Å². The van der Waals surface area contributed by atoms with E-state index in [0.717, 1.165) is 0 Å². The van der Waals surface area contributed by atoms with Crippen LogP contribution in [-0.2, 0) is 11.3 Å². The van der Waals surface area contributed by atoms with Crippen molar-refractivity contribution in [2.45, 2.75) is 13.0 Å². The van der Waals surface area contributed by atoms with Gasteiger partial charge in [0.25, 0.3) is 0 Å². The predicted octanol–water partition coefficient (Wildman–Crippen LogP) is 0.974. The number of aryl methyl sites for hydroxylation is 1. The van der Waals surface area contributed by atoms with E-state index in [-0.39, 0.29) is 11.8 Å². The Morgan fingerprint density at radius 2 is 2.57 bits per heavy atom. The smallest absolute Gasteiger partial charge is 0.240 e. The van der Waals surface area contributed by atoms with Crippen LogP contribution in [0.25, 0.3) is 0 Å². The molecule has 0 saturated heterocycles. The van der Waals surface area contributed by atoms with Gasteiger partial charge >= 0.3 is 0 Å². The lowest BCUT2D eigenvalue weighted by Crippen LogP contribution is -2.13. The third kappa shape index (κ3) is 3.07. The average Bonchev–Trinajstić information content (AvgIpc) is 2.62. The normalized spacial score (nSPS) is 9.43. The second-order valence-corrected chi connectivity index (χ2v) is 2.82. The number of nitrogens with one attached hydrogen (secondary N) is 1. The lowest BCUT2D eigenvalue weighted by Gasteiger charge is -1.97. The van der Waals surface area contributed by atoms with Gasteiger partial charge < -0.3 is 5.32 Å². The highest BCUT2D eigenvalue weighted by molar-refractivity contribution is 6.28. The maximum absolute atomic E-state index is 10.9. The standard InChI is InChI=1S/C8H9ClN4O/c9-6-8(14)11-7-2-5-13(12-7)4-1-3-10/h2,5H,1,4,6H2,(H,11,12,14). The van der Waals surface area contributed by atoms with Crippen LogP contribution in [-0.4, -0.2) is 21.6 Å². The minimum atomic E-state index is -0.294. The van der Waals surface area contributed by atoms with Crippen molar-refractivity contribution in [3.63, 3.8) is 0 Å². The number of rotatable bonds is 4. The molecule has 1 heterocycles. The van der Waals surface area contributed by atoms with Gasteiger partial charge in [-0.15, -0.1) is 11.6 Å². The number of hydrogen-bond acceptors (Lipinski definition) is 3. The summed E-state index contributed by atoms with van der Waals surface area (Å²) in [7, 11) is 0. The Bertz CT molecular complexity index is 354. The van der Waals surface area contributed by atoms with Gasteiger partial charge in [-0.25, -0.2) is 0 Å². The number of nitrogens with zero attached hydrogens (tertiary/aromatic N) is 3. The maximum Gasteiger partial charge on any atom is 0.240 e. The first-order valence-corrected chi connectivity index (χ1v) is 4.56. The summed E-state index contributed by atoms with van der Waals surface area (Å²) in [6, 6.07) is 3.66. The summed E-state index contributed by atoms with van der Waals surface area (Å²) in [5.74, 6) is 0.0659. The Morgan fingerprint density at radius 1 is 1.79 bits per heavy atom. The third-order valence-corrected chi connectivity index (χ3v) is 1.72. The highest BCUT2D eigenvalue weighted by Crippen LogP contribution is 2.02. The average molecular weight is 213 g/mol. The zero-order chi connectivity index (χ0) is 10.4. The van der Waals surface area contributed by atoms with Gasteiger partial charge in [-0.1, -0.05) is 0 Å². The van der Waals surface area contributed by atoms with Gasteiger partial charge in [0.15, 0.2) is 5.82 Å². The van der Waals surface area contributed by atoms with Gasteiger partial charge in [0.05, 0.1) is 19.0 Å². The summed E-state index contributed by atoms with van der Waals surface area (Å²) in [4.78, 5) is 10.9. The molecular formula is C8H9ClN4O. The fraction of sp³-hybridized carbons (Fsp3) is 0.375. The van der Waals surface area contributed by atoms with E-state index in [0.29, 0.717) is 18.8 Å². The number of halogens is 1. The monoisotopic (exact) mass is 212 g/mol. The summed E-state index contributed by atoms with van der Waals surface area (Å²) >= 11 is 5.30. The van der Waals surface area contributed by atoms with E-state index in [1.54, 1.807) is 16.9 Å². The van der Waals surface area contributed by atoms with Crippen LogP contribution in [0.2, 0.25) is 0 Å². The van der Waals surface area contributed by atoms with Crippen molar-refractivity contribution in [3.8, 4) is 6.07 Å². The molecule has 0 aliphatic rings. The lowest BCUT2D eigenvalue weighted by atomic mass is 10.5. The molecule has 1 N–H and O–H groups in total. The first-order valence-electron chi connectivity index (χ1n) is 4.02. The maximum atomic E-state index is 10.9. The molecule has 0 spiro atoms. The molecule has 0 unspecified atom stereocenters. The fourth-order valence-electron chi connectivity index (χ4n) is 0.894. The van der Waals surface area contributed by atoms with Gasteiger partial charge in [-0.05, 0) is 0 Å². The number of amides is 1. The number of carbonyl (C=O) groups is 1. The number of carbonyl (C=O) groups excluding carboxylic acids is 1. The minimum absolute atomic E-state index is 0.0922. The van der Waals surface area contributed by atoms with E-state index < -0.39 is 0 Å². The third-order valence-electron chi connectivity index (χ3n) is 1.48. The Labute approximate surface area is 86.3 Å². The molecule has 0 aliphatic carbocycles. The Hall–Kier alpha value is -1.54. The zero-order valence-electron chi connectivity index (χ0n) is 7.40. The molecule has 1 aromatic heterocycles. The molecule has 14 heavy (non-hydrogen) atoms. The Morgan fingerprint density at radius 3 is 3.21 bits per heavy atom. The SMILES string of the molecule is N#CCCn1ccc(NC(=O)CCl)n1. The summed E-state index contributed by atoms with van der Waals surface area (Å²) in [6.07, 6.45) is 2.09.